The molecule has 0 fully saturated rings. The molecule has 0 aromatic heterocycles. The maximum absolute atomic E-state index is 2.33. The molecule has 0 heteroatoms. The topological polar surface area (TPSA) is 0 Å². The number of hydrogen-bond donors (Lipinski definition) is 0. The summed E-state index contributed by atoms with van der Waals surface area (Å²) >= 11 is 0. The van der Waals surface area contributed by atoms with Crippen LogP contribution in [0.1, 0.15) is 33.6 Å². The molecule has 0 aliphatic heterocycles. The molecule has 1 atom stereocenters. The molecule has 0 saturated heterocycles. The molecule has 0 bridgehead atoms. The molecule has 1 unspecified atom stereocenters. The van der Waals surface area contributed by atoms with E-state index in [1.54, 1.807) is 5.57 Å². The van der Waals surface area contributed by atoms with Crippen molar-refractivity contribution < 1.29 is 0 Å². The molecule has 0 radical (unpaired) electrons. The van der Waals surface area contributed by atoms with Crippen molar-refractivity contribution in [3.63, 3.8) is 0 Å². The van der Waals surface area contributed by atoms with Crippen LogP contribution in [0.4, 0.5) is 0 Å². The second kappa shape index (κ2) is 3.05. The minimum absolute atomic E-state index is 0.786. The molecule has 10 heavy (non-hydrogen) atoms. The molecular formula is C10H16. The highest BCUT2D eigenvalue weighted by molar-refractivity contribution is 5.27. The summed E-state index contributed by atoms with van der Waals surface area (Å²) < 4.78 is 0. The van der Waals surface area contributed by atoms with Gasteiger partial charge in [0, 0.05) is 0 Å². The van der Waals surface area contributed by atoms with E-state index in [1.165, 1.54) is 18.4 Å². The molecule has 0 aromatic rings. The van der Waals surface area contributed by atoms with Crippen molar-refractivity contribution in [3.8, 4) is 0 Å². The van der Waals surface area contributed by atoms with Gasteiger partial charge in [0.05, 0.1) is 0 Å². The van der Waals surface area contributed by atoms with Crippen LogP contribution in [0.5, 0.6) is 0 Å². The van der Waals surface area contributed by atoms with Gasteiger partial charge < -0.3 is 0 Å². The lowest BCUT2D eigenvalue weighted by Gasteiger charge is -2.17. The first-order valence-corrected chi connectivity index (χ1v) is 4.11. The van der Waals surface area contributed by atoms with Crippen LogP contribution in [0, 0.1) is 5.92 Å². The Bertz CT molecular complexity index is 172. The Morgan fingerprint density at radius 2 is 2.30 bits per heavy atom. The van der Waals surface area contributed by atoms with Gasteiger partial charge in [-0.3, -0.25) is 0 Å². The van der Waals surface area contributed by atoms with Gasteiger partial charge in [0.15, 0.2) is 0 Å². The zero-order valence-electron chi connectivity index (χ0n) is 7.15. The lowest BCUT2D eigenvalue weighted by molar-refractivity contribution is 0.655. The Morgan fingerprint density at radius 1 is 1.60 bits per heavy atom. The van der Waals surface area contributed by atoms with Gasteiger partial charge in [0.25, 0.3) is 0 Å². The van der Waals surface area contributed by atoms with Crippen LogP contribution in [0.3, 0.4) is 0 Å². The molecule has 0 amide bonds. The molecule has 0 heterocycles. The predicted octanol–water partition coefficient (Wildman–Crippen LogP) is 3.31. The monoisotopic (exact) mass is 136 g/mol. The van der Waals surface area contributed by atoms with Gasteiger partial charge in [-0.2, -0.15) is 0 Å². The van der Waals surface area contributed by atoms with Crippen molar-refractivity contribution in [2.24, 2.45) is 5.92 Å². The third-order valence-electron chi connectivity index (χ3n) is 2.25. The van der Waals surface area contributed by atoms with Crippen molar-refractivity contribution in [2.45, 2.75) is 33.6 Å². The second-order valence-electron chi connectivity index (χ2n) is 3.16. The van der Waals surface area contributed by atoms with E-state index in [2.05, 4.69) is 32.9 Å². The van der Waals surface area contributed by atoms with Gasteiger partial charge in [-0.05, 0) is 25.7 Å². The Labute approximate surface area is 63.6 Å². The highest BCUT2D eigenvalue weighted by Gasteiger charge is 2.08. The minimum Gasteiger partial charge on any atom is -0.0810 e. The van der Waals surface area contributed by atoms with Gasteiger partial charge in [-0.15, -0.1) is 0 Å². The van der Waals surface area contributed by atoms with Crippen LogP contribution in [0.2, 0.25) is 0 Å². The predicted molar refractivity (Wildman–Crippen MR) is 45.9 cm³/mol. The largest absolute Gasteiger partial charge is 0.0810 e. The SMILES string of the molecule is CCC1=CC(C)=CCC1C. The normalized spacial score (nSPS) is 25.7. The molecule has 1 aliphatic carbocycles. The van der Waals surface area contributed by atoms with Crippen molar-refractivity contribution in [1.29, 1.82) is 0 Å². The van der Waals surface area contributed by atoms with E-state index in [1.807, 2.05) is 0 Å². The summed E-state index contributed by atoms with van der Waals surface area (Å²) in [5.41, 5.74) is 3.05. The number of rotatable bonds is 1. The van der Waals surface area contributed by atoms with Crippen LogP contribution in [-0.4, -0.2) is 0 Å². The molecule has 1 aliphatic rings. The van der Waals surface area contributed by atoms with Gasteiger partial charge >= 0.3 is 0 Å². The van der Waals surface area contributed by atoms with E-state index in [0.717, 1.165) is 5.92 Å². The summed E-state index contributed by atoms with van der Waals surface area (Å²) in [6.45, 7) is 6.72. The highest BCUT2D eigenvalue weighted by Crippen LogP contribution is 2.25. The van der Waals surface area contributed by atoms with E-state index >= 15 is 0 Å². The van der Waals surface area contributed by atoms with Crippen LogP contribution in [0.15, 0.2) is 23.3 Å². The lowest BCUT2D eigenvalue weighted by atomic mass is 9.89. The van der Waals surface area contributed by atoms with Gasteiger partial charge in [-0.25, -0.2) is 0 Å². The smallest absolute Gasteiger partial charge is 0.0194 e. The van der Waals surface area contributed by atoms with Crippen LogP contribution >= 0.6 is 0 Å². The zero-order chi connectivity index (χ0) is 7.56. The van der Waals surface area contributed by atoms with Crippen molar-refractivity contribution >= 4 is 0 Å². The molecule has 0 spiro atoms. The first kappa shape index (κ1) is 7.59. The maximum atomic E-state index is 2.33. The molecule has 1 rings (SSSR count). The Balaban J connectivity index is 2.73. The summed E-state index contributed by atoms with van der Waals surface area (Å²) in [6.07, 6.45) is 7.11. The average molecular weight is 136 g/mol. The Hall–Kier alpha value is -0.520. The molecule has 0 saturated carbocycles. The Kier molecular flexibility index (Phi) is 2.31. The quantitative estimate of drug-likeness (QED) is 0.518. The maximum Gasteiger partial charge on any atom is -0.0194 e. The summed E-state index contributed by atoms with van der Waals surface area (Å²) in [6, 6.07) is 0. The van der Waals surface area contributed by atoms with E-state index in [4.69, 9.17) is 0 Å². The molecule has 0 aromatic carbocycles. The molecule has 0 nitrogen and oxygen atoms in total. The van der Waals surface area contributed by atoms with Crippen LogP contribution in [-0.2, 0) is 0 Å². The van der Waals surface area contributed by atoms with Crippen molar-refractivity contribution in [1.82, 2.24) is 0 Å². The first-order valence-electron chi connectivity index (χ1n) is 4.11. The van der Waals surface area contributed by atoms with Crippen LogP contribution in [0.25, 0.3) is 0 Å². The molecular weight excluding hydrogens is 120 g/mol. The molecule has 0 N–H and O–H groups in total. The third kappa shape index (κ3) is 1.50. The fourth-order valence-electron chi connectivity index (χ4n) is 1.46. The lowest BCUT2D eigenvalue weighted by Crippen LogP contribution is -2.01. The fraction of sp³-hybridized carbons (Fsp3) is 0.600. The van der Waals surface area contributed by atoms with Gasteiger partial charge in [0.1, 0.15) is 0 Å². The zero-order valence-corrected chi connectivity index (χ0v) is 7.15. The standard InChI is InChI=1S/C10H16/c1-4-10-7-8(2)5-6-9(10)3/h5,7,9H,4,6H2,1-3H3. The minimum atomic E-state index is 0.786. The summed E-state index contributed by atoms with van der Waals surface area (Å²) in [5.74, 6) is 0.786. The van der Waals surface area contributed by atoms with Crippen LogP contribution < -0.4 is 0 Å². The number of allylic oxidation sites excluding steroid dienone is 4. The summed E-state index contributed by atoms with van der Waals surface area (Å²) in [4.78, 5) is 0. The van der Waals surface area contributed by atoms with Crippen molar-refractivity contribution in [2.75, 3.05) is 0 Å². The van der Waals surface area contributed by atoms with Gasteiger partial charge in [-0.1, -0.05) is 37.1 Å². The third-order valence-corrected chi connectivity index (χ3v) is 2.25. The summed E-state index contributed by atoms with van der Waals surface area (Å²) in [7, 11) is 0. The fourth-order valence-corrected chi connectivity index (χ4v) is 1.46. The van der Waals surface area contributed by atoms with Gasteiger partial charge in [0.2, 0.25) is 0 Å². The van der Waals surface area contributed by atoms with E-state index in [0.29, 0.717) is 0 Å². The van der Waals surface area contributed by atoms with Crippen molar-refractivity contribution in [3.05, 3.63) is 23.3 Å². The van der Waals surface area contributed by atoms with E-state index in [-0.39, 0.29) is 0 Å². The summed E-state index contributed by atoms with van der Waals surface area (Å²) in [5, 5.41) is 0. The molecule has 56 valence electrons. The Morgan fingerprint density at radius 3 is 2.80 bits per heavy atom. The first-order chi connectivity index (χ1) is 4.74. The second-order valence-corrected chi connectivity index (χ2v) is 3.16. The van der Waals surface area contributed by atoms with E-state index < -0.39 is 0 Å². The number of hydrogen-bond acceptors (Lipinski definition) is 0. The average Bonchev–Trinajstić information content (AvgIpc) is 1.94. The van der Waals surface area contributed by atoms with E-state index in [9.17, 15) is 0 Å². The highest BCUT2D eigenvalue weighted by atomic mass is 14.1.